The van der Waals surface area contributed by atoms with Crippen molar-refractivity contribution in [3.05, 3.63) is 24.3 Å². The van der Waals surface area contributed by atoms with Gasteiger partial charge in [-0.2, -0.15) is 0 Å². The summed E-state index contributed by atoms with van der Waals surface area (Å²) in [6.07, 6.45) is 13.2. The molecular weight excluding hydrogens is 524 g/mol. The third-order valence-electron chi connectivity index (χ3n) is 5.33. The Balaban J connectivity index is -0.00000185. The number of carbonyl (C=O) groups is 3. The Bertz CT molecular complexity index is 657. The van der Waals surface area contributed by atoms with Crippen LogP contribution in [0.15, 0.2) is 24.3 Å². The first-order chi connectivity index (χ1) is 17.7. The van der Waals surface area contributed by atoms with Gasteiger partial charge in [-0.15, -0.1) is 0 Å². The maximum atomic E-state index is 12.0. The van der Waals surface area contributed by atoms with Crippen molar-refractivity contribution in [1.82, 2.24) is 0 Å². The molecule has 38 heavy (non-hydrogen) atoms. The molecule has 0 amide bonds. The SMILES string of the molecule is C=C(C)C(=O)OC(CCCCCCCCCCCCCC(C)C)(OC(=O)C(=C)C)C(=O)O.CC(C)O.[O]=[Ti]. The van der Waals surface area contributed by atoms with Gasteiger partial charge in [0.15, 0.2) is 0 Å². The number of carbonyl (C=O) groups excluding carboxylic acids is 2. The molecule has 0 heterocycles. The summed E-state index contributed by atoms with van der Waals surface area (Å²) in [6.45, 7) is 17.7. The number of rotatable bonds is 19. The number of unbranched alkanes of at least 4 members (excludes halogenated alkanes) is 10. The van der Waals surface area contributed by atoms with Gasteiger partial charge in [0, 0.05) is 23.7 Å². The number of esters is 2. The molecule has 0 aromatic carbocycles. The molecule has 0 unspecified atom stereocenters. The minimum atomic E-state index is -2.36. The Hall–Kier alpha value is -1.64. The molecule has 0 atom stereocenters. The number of aliphatic carboxylic acids is 1. The van der Waals surface area contributed by atoms with Gasteiger partial charge in [-0.05, 0) is 40.0 Å². The fourth-order valence-corrected chi connectivity index (χ4v) is 3.29. The number of carboxylic acids is 1. The molecule has 8 nitrogen and oxygen atoms in total. The van der Waals surface area contributed by atoms with Gasteiger partial charge in [0.05, 0.1) is 0 Å². The van der Waals surface area contributed by atoms with Gasteiger partial charge in [-0.25, -0.2) is 14.4 Å². The average molecular weight is 577 g/mol. The monoisotopic (exact) mass is 576 g/mol. The van der Waals surface area contributed by atoms with E-state index in [2.05, 4.69) is 27.0 Å². The van der Waals surface area contributed by atoms with Gasteiger partial charge in [0.2, 0.25) is 0 Å². The third-order valence-corrected chi connectivity index (χ3v) is 5.33. The molecule has 0 aromatic rings. The molecule has 0 bridgehead atoms. The number of ether oxygens (including phenoxy) is 2. The molecule has 0 saturated carbocycles. The van der Waals surface area contributed by atoms with Crippen molar-refractivity contribution in [3.63, 3.8) is 0 Å². The second-order valence-corrected chi connectivity index (χ2v) is 10.3. The van der Waals surface area contributed by atoms with Crippen LogP contribution in [0, 0.1) is 5.92 Å². The first kappa shape index (κ1) is 40.9. The Kier molecular flexibility index (Phi) is 27.6. The van der Waals surface area contributed by atoms with Crippen molar-refractivity contribution in [2.75, 3.05) is 0 Å². The summed E-state index contributed by atoms with van der Waals surface area (Å²) >= 11 is 0.750. The van der Waals surface area contributed by atoms with E-state index in [4.69, 9.17) is 17.9 Å². The average Bonchev–Trinajstić information content (AvgIpc) is 2.82. The van der Waals surface area contributed by atoms with E-state index in [0.717, 1.165) is 52.0 Å². The van der Waals surface area contributed by atoms with Crippen molar-refractivity contribution >= 4 is 17.9 Å². The molecule has 2 N–H and O–H groups in total. The van der Waals surface area contributed by atoms with Crippen LogP contribution in [0.25, 0.3) is 0 Å². The van der Waals surface area contributed by atoms with Crippen molar-refractivity contribution in [3.8, 4) is 0 Å². The first-order valence-corrected chi connectivity index (χ1v) is 14.3. The van der Waals surface area contributed by atoms with Crippen LogP contribution in [-0.4, -0.2) is 40.0 Å². The molecule has 0 aliphatic carbocycles. The molecule has 0 aliphatic heterocycles. The fourth-order valence-electron chi connectivity index (χ4n) is 3.29. The molecule has 0 rings (SSSR count). The Morgan fingerprint density at radius 2 is 1.00 bits per heavy atom. The molecule has 0 aromatic heterocycles. The van der Waals surface area contributed by atoms with E-state index in [0.29, 0.717) is 6.42 Å². The Morgan fingerprint density at radius 1 is 0.711 bits per heavy atom. The molecule has 220 valence electrons. The summed E-state index contributed by atoms with van der Waals surface area (Å²) in [5.74, 6) is -4.90. The second kappa shape index (κ2) is 25.6. The zero-order valence-electron chi connectivity index (χ0n) is 24.6. The topological polar surface area (TPSA) is 127 Å². The molecule has 0 fully saturated rings. The molecule has 0 radical (unpaired) electrons. The second-order valence-electron chi connectivity index (χ2n) is 10.3. The van der Waals surface area contributed by atoms with Crippen molar-refractivity contribution in [2.24, 2.45) is 5.92 Å². The Morgan fingerprint density at radius 3 is 1.26 bits per heavy atom. The van der Waals surface area contributed by atoms with Gasteiger partial charge in [0.1, 0.15) is 0 Å². The van der Waals surface area contributed by atoms with Crippen LogP contribution in [0.2, 0.25) is 0 Å². The Labute approximate surface area is 242 Å². The van der Waals surface area contributed by atoms with Crippen molar-refractivity contribution in [2.45, 2.75) is 137 Å². The molecular formula is C29H52O8Ti. The van der Waals surface area contributed by atoms with Crippen LogP contribution in [0.1, 0.15) is 125 Å². The molecule has 0 spiro atoms. The molecule has 0 aliphatic rings. The number of carboxylic acid groups (broad SMARTS) is 1. The van der Waals surface area contributed by atoms with Crippen LogP contribution < -0.4 is 0 Å². The number of aliphatic hydroxyl groups is 1. The van der Waals surface area contributed by atoms with Crippen LogP contribution in [-0.2, 0) is 47.6 Å². The van der Waals surface area contributed by atoms with Crippen LogP contribution in [0.5, 0.6) is 0 Å². The van der Waals surface area contributed by atoms with Gasteiger partial charge in [-0.3, -0.25) is 0 Å². The third kappa shape index (κ3) is 24.7. The normalized spacial score (nSPS) is 10.5. The summed E-state index contributed by atoms with van der Waals surface area (Å²) in [5, 5.41) is 17.7. The van der Waals surface area contributed by atoms with E-state index in [1.165, 1.54) is 58.8 Å². The van der Waals surface area contributed by atoms with Gasteiger partial charge in [-0.1, -0.05) is 97.6 Å². The van der Waals surface area contributed by atoms with Gasteiger partial charge >= 0.3 is 47.4 Å². The van der Waals surface area contributed by atoms with Crippen molar-refractivity contribution < 1.29 is 57.8 Å². The van der Waals surface area contributed by atoms with E-state index in [1.54, 1.807) is 13.8 Å². The summed E-state index contributed by atoms with van der Waals surface area (Å²) < 4.78 is 18.4. The molecule has 0 saturated heterocycles. The van der Waals surface area contributed by atoms with Gasteiger partial charge < -0.3 is 19.7 Å². The minimum absolute atomic E-state index is 0.0296. The number of hydrogen-bond donors (Lipinski definition) is 2. The van der Waals surface area contributed by atoms with Gasteiger partial charge in [0.25, 0.3) is 0 Å². The number of aliphatic hydroxyl groups excluding tert-OH is 1. The summed E-state index contributed by atoms with van der Waals surface area (Å²) in [5.41, 5.74) is 0.0591. The van der Waals surface area contributed by atoms with Crippen LogP contribution in [0.4, 0.5) is 0 Å². The standard InChI is InChI=1S/C26H44O6.C3H8O.O.Ti/c1-20(2)18-16-14-12-10-8-7-9-11-13-15-17-19-26(25(29)30,31-23(27)21(3)4)32-24(28)22(5)6;1-3(2)4;;/h20H,3,5,7-19H2,1-2,4,6H3,(H,29,30);3-4H,1-2H3;;. The number of hydrogen-bond acceptors (Lipinski definition) is 7. The zero-order valence-corrected chi connectivity index (χ0v) is 26.2. The molecule has 9 heteroatoms. The quantitative estimate of drug-likeness (QED) is 0.0553. The first-order valence-electron chi connectivity index (χ1n) is 13.6. The predicted molar refractivity (Wildman–Crippen MR) is 145 cm³/mol. The van der Waals surface area contributed by atoms with Crippen molar-refractivity contribution in [1.29, 1.82) is 0 Å². The van der Waals surface area contributed by atoms with Crippen LogP contribution >= 0.6 is 0 Å². The van der Waals surface area contributed by atoms with E-state index in [9.17, 15) is 19.5 Å². The zero-order chi connectivity index (χ0) is 30.1. The van der Waals surface area contributed by atoms with E-state index in [1.807, 2.05) is 0 Å². The summed E-state index contributed by atoms with van der Waals surface area (Å²) in [7, 11) is 0. The maximum absolute atomic E-state index is 12.0. The van der Waals surface area contributed by atoms with E-state index >= 15 is 0 Å². The summed E-state index contributed by atoms with van der Waals surface area (Å²) in [4.78, 5) is 35.8. The predicted octanol–water partition coefficient (Wildman–Crippen LogP) is 7.00. The van der Waals surface area contributed by atoms with E-state index < -0.39 is 23.7 Å². The van der Waals surface area contributed by atoms with E-state index in [-0.39, 0.29) is 23.7 Å². The summed E-state index contributed by atoms with van der Waals surface area (Å²) in [6, 6.07) is 0. The van der Waals surface area contributed by atoms with Crippen LogP contribution in [0.3, 0.4) is 0 Å². The fraction of sp³-hybridized carbons (Fsp3) is 0.759.